The largest absolute Gasteiger partial charge is 0.397 e. The fourth-order valence-electron chi connectivity index (χ4n) is 1.32. The second-order valence-electron chi connectivity index (χ2n) is 3.87. The number of rotatable bonds is 5. The lowest BCUT2D eigenvalue weighted by atomic mass is 10.2. The summed E-state index contributed by atoms with van der Waals surface area (Å²) in [7, 11) is -3.01. The molecule has 1 aromatic rings. The summed E-state index contributed by atoms with van der Waals surface area (Å²) >= 11 is 0. The molecule has 0 heterocycles. The van der Waals surface area contributed by atoms with E-state index in [9.17, 15) is 13.2 Å². The van der Waals surface area contributed by atoms with Gasteiger partial charge in [-0.2, -0.15) is 0 Å². The van der Waals surface area contributed by atoms with E-state index in [1.807, 2.05) is 0 Å². The number of benzene rings is 1. The van der Waals surface area contributed by atoms with Gasteiger partial charge in [0.05, 0.1) is 17.1 Å². The van der Waals surface area contributed by atoms with Gasteiger partial charge in [-0.15, -0.1) is 0 Å². The number of hydrogen-bond acceptors (Lipinski definition) is 4. The summed E-state index contributed by atoms with van der Waals surface area (Å²) < 4.78 is 21.7. The fraction of sp³-hybridized carbons (Fsp3) is 0.364. The van der Waals surface area contributed by atoms with Crippen LogP contribution in [0.25, 0.3) is 0 Å². The van der Waals surface area contributed by atoms with E-state index in [0.29, 0.717) is 17.8 Å². The molecule has 0 saturated carbocycles. The molecule has 0 aliphatic carbocycles. The molecule has 0 saturated heterocycles. The standard InChI is InChI=1S/C11H16N2O3S/c1-17(15,16)8-4-7-11(14)13-10-6-3-2-5-9(10)12/h2-3,5-6H,4,7-8,12H2,1H3,(H,13,14). The van der Waals surface area contributed by atoms with Gasteiger partial charge in [0.1, 0.15) is 9.84 Å². The van der Waals surface area contributed by atoms with E-state index in [4.69, 9.17) is 5.73 Å². The third kappa shape index (κ3) is 5.35. The third-order valence-corrected chi connectivity index (χ3v) is 3.18. The van der Waals surface area contributed by atoms with Crippen molar-refractivity contribution in [2.45, 2.75) is 12.8 Å². The molecule has 17 heavy (non-hydrogen) atoms. The van der Waals surface area contributed by atoms with E-state index in [1.54, 1.807) is 24.3 Å². The summed E-state index contributed by atoms with van der Waals surface area (Å²) in [5.41, 5.74) is 6.70. The molecule has 1 amide bonds. The van der Waals surface area contributed by atoms with E-state index < -0.39 is 9.84 Å². The first-order valence-corrected chi connectivity index (χ1v) is 7.26. The van der Waals surface area contributed by atoms with E-state index >= 15 is 0 Å². The van der Waals surface area contributed by atoms with Crippen LogP contribution < -0.4 is 11.1 Å². The van der Waals surface area contributed by atoms with E-state index in [-0.39, 0.29) is 18.1 Å². The highest BCUT2D eigenvalue weighted by molar-refractivity contribution is 7.90. The predicted octanol–water partition coefficient (Wildman–Crippen LogP) is 1.03. The summed E-state index contributed by atoms with van der Waals surface area (Å²) in [5, 5.41) is 2.64. The van der Waals surface area contributed by atoms with Gasteiger partial charge in [-0.25, -0.2) is 8.42 Å². The number of nitrogen functional groups attached to an aromatic ring is 1. The normalized spacial score (nSPS) is 11.1. The van der Waals surface area contributed by atoms with Gasteiger partial charge in [0.15, 0.2) is 0 Å². The first kappa shape index (κ1) is 13.5. The molecule has 3 N–H and O–H groups in total. The van der Waals surface area contributed by atoms with Crippen molar-refractivity contribution in [2.75, 3.05) is 23.1 Å². The summed E-state index contributed by atoms with van der Waals surface area (Å²) in [4.78, 5) is 11.5. The maximum absolute atomic E-state index is 11.5. The zero-order valence-corrected chi connectivity index (χ0v) is 10.5. The molecule has 0 bridgehead atoms. The van der Waals surface area contributed by atoms with Crippen molar-refractivity contribution >= 4 is 27.1 Å². The van der Waals surface area contributed by atoms with Crippen molar-refractivity contribution in [1.29, 1.82) is 0 Å². The fourth-order valence-corrected chi connectivity index (χ4v) is 1.99. The number of nitrogens with one attached hydrogen (secondary N) is 1. The summed E-state index contributed by atoms with van der Waals surface area (Å²) in [6, 6.07) is 6.92. The van der Waals surface area contributed by atoms with Crippen LogP contribution in [0.4, 0.5) is 11.4 Å². The molecule has 6 heteroatoms. The molecule has 0 fully saturated rings. The molecule has 0 aliphatic heterocycles. The summed E-state index contributed by atoms with van der Waals surface area (Å²) in [5.74, 6) is -0.212. The quantitative estimate of drug-likeness (QED) is 0.770. The zero-order chi connectivity index (χ0) is 12.9. The number of anilines is 2. The Morgan fingerprint density at radius 2 is 2.00 bits per heavy atom. The average Bonchev–Trinajstić information content (AvgIpc) is 2.19. The van der Waals surface area contributed by atoms with E-state index in [1.165, 1.54) is 0 Å². The Labute approximate surface area is 101 Å². The highest BCUT2D eigenvalue weighted by atomic mass is 32.2. The first-order chi connectivity index (χ1) is 7.88. The lowest BCUT2D eigenvalue weighted by molar-refractivity contribution is -0.116. The molecular formula is C11H16N2O3S. The monoisotopic (exact) mass is 256 g/mol. The highest BCUT2D eigenvalue weighted by Crippen LogP contribution is 2.16. The zero-order valence-electron chi connectivity index (χ0n) is 9.64. The molecule has 0 atom stereocenters. The van der Waals surface area contributed by atoms with Crippen LogP contribution in [0.3, 0.4) is 0 Å². The summed E-state index contributed by atoms with van der Waals surface area (Å²) in [6.07, 6.45) is 1.64. The smallest absolute Gasteiger partial charge is 0.224 e. The third-order valence-electron chi connectivity index (χ3n) is 2.15. The minimum absolute atomic E-state index is 0.0185. The van der Waals surface area contributed by atoms with Crippen molar-refractivity contribution in [3.8, 4) is 0 Å². The number of hydrogen-bond donors (Lipinski definition) is 2. The van der Waals surface area contributed by atoms with Gasteiger partial charge in [0, 0.05) is 12.7 Å². The van der Waals surface area contributed by atoms with Crippen LogP contribution >= 0.6 is 0 Å². The topological polar surface area (TPSA) is 89.3 Å². The van der Waals surface area contributed by atoms with Gasteiger partial charge in [-0.05, 0) is 18.6 Å². The van der Waals surface area contributed by atoms with Crippen LogP contribution in [-0.2, 0) is 14.6 Å². The van der Waals surface area contributed by atoms with Crippen LogP contribution in [0, 0.1) is 0 Å². The Morgan fingerprint density at radius 3 is 2.59 bits per heavy atom. The predicted molar refractivity (Wildman–Crippen MR) is 68.4 cm³/mol. The van der Waals surface area contributed by atoms with Crippen LogP contribution in [0.2, 0.25) is 0 Å². The minimum Gasteiger partial charge on any atom is -0.397 e. The number of carbonyl (C=O) groups excluding carboxylic acids is 1. The second kappa shape index (κ2) is 5.67. The number of nitrogens with two attached hydrogens (primary N) is 1. The van der Waals surface area contributed by atoms with Crippen LogP contribution in [0.15, 0.2) is 24.3 Å². The van der Waals surface area contributed by atoms with E-state index in [0.717, 1.165) is 6.26 Å². The van der Waals surface area contributed by atoms with Gasteiger partial charge < -0.3 is 11.1 Å². The van der Waals surface area contributed by atoms with E-state index in [2.05, 4.69) is 5.32 Å². The van der Waals surface area contributed by atoms with Crippen molar-refractivity contribution in [3.63, 3.8) is 0 Å². The molecule has 0 aliphatic rings. The molecule has 1 aromatic carbocycles. The lowest BCUT2D eigenvalue weighted by Gasteiger charge is -2.07. The summed E-state index contributed by atoms with van der Waals surface area (Å²) in [6.45, 7) is 0. The van der Waals surface area contributed by atoms with Gasteiger partial charge in [0.2, 0.25) is 5.91 Å². The van der Waals surface area contributed by atoms with Crippen molar-refractivity contribution < 1.29 is 13.2 Å². The molecule has 0 aromatic heterocycles. The maximum Gasteiger partial charge on any atom is 0.224 e. The maximum atomic E-state index is 11.5. The highest BCUT2D eigenvalue weighted by Gasteiger charge is 2.07. The molecule has 0 spiro atoms. The Kier molecular flexibility index (Phi) is 4.51. The number of amides is 1. The van der Waals surface area contributed by atoms with Gasteiger partial charge >= 0.3 is 0 Å². The Bertz CT molecular complexity index is 497. The lowest BCUT2D eigenvalue weighted by Crippen LogP contribution is -2.14. The number of para-hydroxylation sites is 2. The van der Waals surface area contributed by atoms with Gasteiger partial charge in [-0.1, -0.05) is 12.1 Å². The number of sulfone groups is 1. The number of carbonyl (C=O) groups is 1. The minimum atomic E-state index is -3.01. The second-order valence-corrected chi connectivity index (χ2v) is 6.13. The van der Waals surface area contributed by atoms with Crippen molar-refractivity contribution in [2.24, 2.45) is 0 Å². The van der Waals surface area contributed by atoms with Crippen LogP contribution in [0.5, 0.6) is 0 Å². The first-order valence-electron chi connectivity index (χ1n) is 5.20. The Morgan fingerprint density at radius 1 is 1.35 bits per heavy atom. The SMILES string of the molecule is CS(=O)(=O)CCCC(=O)Nc1ccccc1N. The molecule has 94 valence electrons. The molecular weight excluding hydrogens is 240 g/mol. The average molecular weight is 256 g/mol. The molecule has 0 unspecified atom stereocenters. The Balaban J connectivity index is 2.43. The molecule has 0 radical (unpaired) electrons. The molecule has 5 nitrogen and oxygen atoms in total. The van der Waals surface area contributed by atoms with Gasteiger partial charge in [0.25, 0.3) is 0 Å². The van der Waals surface area contributed by atoms with Crippen molar-refractivity contribution in [1.82, 2.24) is 0 Å². The van der Waals surface area contributed by atoms with Gasteiger partial charge in [-0.3, -0.25) is 4.79 Å². The van der Waals surface area contributed by atoms with Crippen molar-refractivity contribution in [3.05, 3.63) is 24.3 Å². The van der Waals surface area contributed by atoms with Crippen LogP contribution in [0.1, 0.15) is 12.8 Å². The van der Waals surface area contributed by atoms with Crippen LogP contribution in [-0.4, -0.2) is 26.3 Å². The molecule has 1 rings (SSSR count). The Hall–Kier alpha value is -1.56.